The number of pyridine rings is 1. The molecule has 1 saturated carbocycles. The SMILES string of the molecule is N=C(/C(COc1ccc(C2(O)CCN(c3ccc(C(=O)O)cn3)C2)c(Cl)c1)=C(\O)C1CC1)c1c(Cl)cccc1Cl. The first-order chi connectivity index (χ1) is 19.1. The van der Waals surface area contributed by atoms with Crippen molar-refractivity contribution in [3.05, 3.63) is 97.8 Å². The van der Waals surface area contributed by atoms with E-state index in [0.717, 1.165) is 12.8 Å². The Morgan fingerprint density at radius 2 is 1.80 bits per heavy atom. The highest BCUT2D eigenvalue weighted by atomic mass is 35.5. The largest absolute Gasteiger partial charge is 0.512 e. The number of carboxylic acid groups (broad SMARTS) is 1. The van der Waals surface area contributed by atoms with Gasteiger partial charge in [-0.1, -0.05) is 46.9 Å². The van der Waals surface area contributed by atoms with Crippen molar-refractivity contribution in [1.29, 1.82) is 5.41 Å². The maximum absolute atomic E-state index is 11.4. The van der Waals surface area contributed by atoms with Crippen LogP contribution in [-0.4, -0.2) is 51.7 Å². The highest BCUT2D eigenvalue weighted by Gasteiger charge is 2.40. The lowest BCUT2D eigenvalue weighted by molar-refractivity contribution is 0.0606. The van der Waals surface area contributed by atoms with Crippen molar-refractivity contribution < 1.29 is 24.9 Å². The highest BCUT2D eigenvalue weighted by Crippen LogP contribution is 2.40. The molecule has 2 fully saturated rings. The molecular formula is C29H26Cl3N3O5. The van der Waals surface area contributed by atoms with Gasteiger partial charge in [0.1, 0.15) is 29.5 Å². The number of hydrogen-bond acceptors (Lipinski definition) is 7. The summed E-state index contributed by atoms with van der Waals surface area (Å²) in [5.74, 6) is -0.0271. The number of ether oxygens (including phenoxy) is 1. The fourth-order valence-electron chi connectivity index (χ4n) is 4.79. The van der Waals surface area contributed by atoms with Gasteiger partial charge in [0.05, 0.1) is 38.5 Å². The summed E-state index contributed by atoms with van der Waals surface area (Å²) in [5, 5.41) is 41.1. The third kappa shape index (κ3) is 5.76. The number of hydrogen-bond donors (Lipinski definition) is 4. The van der Waals surface area contributed by atoms with Gasteiger partial charge >= 0.3 is 5.97 Å². The second-order valence-corrected chi connectivity index (χ2v) is 11.2. The number of carboxylic acids is 1. The van der Waals surface area contributed by atoms with Crippen molar-refractivity contribution in [2.24, 2.45) is 5.92 Å². The smallest absolute Gasteiger partial charge is 0.337 e. The molecule has 8 nitrogen and oxygen atoms in total. The number of allylic oxidation sites excluding steroid dienone is 1. The Kier molecular flexibility index (Phi) is 7.97. The van der Waals surface area contributed by atoms with Crippen molar-refractivity contribution in [1.82, 2.24) is 4.98 Å². The van der Waals surface area contributed by atoms with Crippen LogP contribution in [0.1, 0.15) is 40.7 Å². The monoisotopic (exact) mass is 601 g/mol. The number of carbonyl (C=O) groups is 1. The van der Waals surface area contributed by atoms with E-state index in [1.54, 1.807) is 42.5 Å². The van der Waals surface area contributed by atoms with Crippen LogP contribution in [0.3, 0.4) is 0 Å². The zero-order chi connectivity index (χ0) is 28.6. The third-order valence-corrected chi connectivity index (χ3v) is 8.12. The predicted octanol–water partition coefficient (Wildman–Crippen LogP) is 6.51. The van der Waals surface area contributed by atoms with Crippen molar-refractivity contribution in [2.75, 3.05) is 24.6 Å². The molecule has 4 N–H and O–H groups in total. The average molecular weight is 603 g/mol. The number of aliphatic hydroxyl groups is 2. The number of anilines is 1. The second kappa shape index (κ2) is 11.3. The summed E-state index contributed by atoms with van der Waals surface area (Å²) in [6.07, 6.45) is 3.34. The van der Waals surface area contributed by atoms with Crippen LogP contribution in [0.5, 0.6) is 5.75 Å². The van der Waals surface area contributed by atoms with Crippen LogP contribution in [0.2, 0.25) is 15.1 Å². The summed E-state index contributed by atoms with van der Waals surface area (Å²) < 4.78 is 5.96. The van der Waals surface area contributed by atoms with E-state index < -0.39 is 11.6 Å². The van der Waals surface area contributed by atoms with Crippen LogP contribution >= 0.6 is 34.8 Å². The van der Waals surface area contributed by atoms with Gasteiger partial charge in [-0.25, -0.2) is 9.78 Å². The number of aromatic nitrogens is 1. The number of halogens is 3. The minimum Gasteiger partial charge on any atom is -0.512 e. The molecule has 11 heteroatoms. The Morgan fingerprint density at radius 1 is 1.07 bits per heavy atom. The molecule has 40 heavy (non-hydrogen) atoms. The molecule has 5 rings (SSSR count). The zero-order valence-corrected chi connectivity index (χ0v) is 23.5. The first-order valence-electron chi connectivity index (χ1n) is 12.6. The third-order valence-electron chi connectivity index (χ3n) is 7.18. The van der Waals surface area contributed by atoms with E-state index in [1.807, 2.05) is 4.90 Å². The van der Waals surface area contributed by atoms with Crippen LogP contribution in [0.25, 0.3) is 0 Å². The van der Waals surface area contributed by atoms with E-state index in [2.05, 4.69) is 4.98 Å². The fourth-order valence-corrected chi connectivity index (χ4v) is 5.73. The van der Waals surface area contributed by atoms with Gasteiger partial charge in [0, 0.05) is 29.8 Å². The first-order valence-corrected chi connectivity index (χ1v) is 13.8. The quantitative estimate of drug-likeness (QED) is 0.162. The van der Waals surface area contributed by atoms with Crippen molar-refractivity contribution >= 4 is 52.3 Å². The number of β-amino-alcohol motifs (C(OH)–C–C–N with tert-alkyl or cyclic N) is 1. The van der Waals surface area contributed by atoms with Gasteiger partial charge in [0.2, 0.25) is 0 Å². The molecule has 1 aliphatic carbocycles. The predicted molar refractivity (Wildman–Crippen MR) is 155 cm³/mol. The molecule has 3 aromatic rings. The summed E-state index contributed by atoms with van der Waals surface area (Å²) in [7, 11) is 0. The van der Waals surface area contributed by atoms with E-state index >= 15 is 0 Å². The number of aromatic carboxylic acids is 1. The minimum absolute atomic E-state index is 0.00641. The molecule has 0 radical (unpaired) electrons. The van der Waals surface area contributed by atoms with E-state index in [4.69, 9.17) is 50.1 Å². The van der Waals surface area contributed by atoms with Gasteiger partial charge in [-0.05, 0) is 55.7 Å². The Balaban J connectivity index is 1.32. The Hall–Kier alpha value is -3.30. The van der Waals surface area contributed by atoms with Crippen LogP contribution < -0.4 is 9.64 Å². The molecule has 1 atom stereocenters. The number of nitrogens with zero attached hydrogens (tertiary/aromatic N) is 2. The van der Waals surface area contributed by atoms with Gasteiger partial charge in [-0.15, -0.1) is 0 Å². The van der Waals surface area contributed by atoms with Crippen molar-refractivity contribution in [3.8, 4) is 5.75 Å². The summed E-state index contributed by atoms with van der Waals surface area (Å²) in [6, 6.07) is 13.0. The van der Waals surface area contributed by atoms with Crippen LogP contribution in [0.15, 0.2) is 66.1 Å². The van der Waals surface area contributed by atoms with Crippen LogP contribution in [0, 0.1) is 11.3 Å². The van der Waals surface area contributed by atoms with E-state index in [9.17, 15) is 15.0 Å². The molecule has 1 aliphatic heterocycles. The van der Waals surface area contributed by atoms with Crippen molar-refractivity contribution in [2.45, 2.75) is 24.9 Å². The van der Waals surface area contributed by atoms with Crippen LogP contribution in [0.4, 0.5) is 5.82 Å². The first kappa shape index (κ1) is 28.2. The maximum atomic E-state index is 11.4. The van der Waals surface area contributed by atoms with Crippen molar-refractivity contribution in [3.63, 3.8) is 0 Å². The number of rotatable bonds is 9. The molecular weight excluding hydrogens is 577 g/mol. The topological polar surface area (TPSA) is 127 Å². The minimum atomic E-state index is -1.25. The van der Waals surface area contributed by atoms with Gasteiger partial charge in [0.15, 0.2) is 0 Å². The van der Waals surface area contributed by atoms with Crippen LogP contribution in [-0.2, 0) is 5.60 Å². The lowest BCUT2D eigenvalue weighted by Crippen LogP contribution is -2.31. The fraction of sp³-hybridized carbons (Fsp3) is 0.276. The maximum Gasteiger partial charge on any atom is 0.337 e. The Morgan fingerprint density at radius 3 is 2.40 bits per heavy atom. The Bertz CT molecular complexity index is 1490. The zero-order valence-electron chi connectivity index (χ0n) is 21.2. The van der Waals surface area contributed by atoms with Gasteiger partial charge in [-0.2, -0.15) is 0 Å². The second-order valence-electron chi connectivity index (χ2n) is 9.95. The lowest BCUT2D eigenvalue weighted by atomic mass is 9.93. The number of benzene rings is 2. The lowest BCUT2D eigenvalue weighted by Gasteiger charge is -2.26. The molecule has 2 heterocycles. The molecule has 0 amide bonds. The Labute approximate surface area is 245 Å². The molecule has 208 valence electrons. The molecule has 0 bridgehead atoms. The number of nitrogens with one attached hydrogen (secondary N) is 1. The average Bonchev–Trinajstić information content (AvgIpc) is 3.70. The standard InChI is InChI=1S/C29H26Cl3N3O5/c30-21-2-1-3-22(31)25(21)26(33)19(27(36)16-4-5-16)14-40-18-7-8-20(23(32)12-18)29(39)10-11-35(15-29)24-9-6-17(13-34-24)28(37)38/h1-3,6-9,12-13,16,33,36,39H,4-5,10-11,14-15H2,(H,37,38)/b27-19-,33-26?. The van der Waals surface area contributed by atoms with Gasteiger partial charge in [0.25, 0.3) is 0 Å². The summed E-state index contributed by atoms with van der Waals surface area (Å²) in [5.41, 5.74) is -0.0211. The van der Waals surface area contributed by atoms with Gasteiger partial charge < -0.3 is 25.0 Å². The van der Waals surface area contributed by atoms with Gasteiger partial charge in [-0.3, -0.25) is 5.41 Å². The summed E-state index contributed by atoms with van der Waals surface area (Å²) in [6.45, 7) is 0.629. The molecule has 1 saturated heterocycles. The molecule has 1 aromatic heterocycles. The van der Waals surface area contributed by atoms with E-state index in [0.29, 0.717) is 56.3 Å². The normalized spacial score (nSPS) is 19.4. The number of aliphatic hydroxyl groups excluding tert-OH is 1. The molecule has 0 spiro atoms. The highest BCUT2D eigenvalue weighted by molar-refractivity contribution is 6.41. The van der Waals surface area contributed by atoms with E-state index in [-0.39, 0.29) is 36.1 Å². The van der Waals surface area contributed by atoms with E-state index in [1.165, 1.54) is 12.3 Å². The summed E-state index contributed by atoms with van der Waals surface area (Å²) in [4.78, 5) is 17.2. The molecule has 2 aromatic carbocycles. The molecule has 1 unspecified atom stereocenters. The molecule has 2 aliphatic rings. The summed E-state index contributed by atoms with van der Waals surface area (Å²) >= 11 is 19.3.